The maximum Gasteiger partial charge on any atom is 0.308 e. The van der Waals surface area contributed by atoms with E-state index in [2.05, 4.69) is 17.3 Å². The third kappa shape index (κ3) is 8.97. The van der Waals surface area contributed by atoms with E-state index < -0.39 is 17.5 Å². The highest BCUT2D eigenvalue weighted by molar-refractivity contribution is 7.09. The fraction of sp³-hybridized carbons (Fsp3) is 0.741. The van der Waals surface area contributed by atoms with Gasteiger partial charge in [0.25, 0.3) is 0 Å². The molecule has 1 saturated heterocycles. The molecule has 0 unspecified atom stereocenters. The fourth-order valence-corrected chi connectivity index (χ4v) is 5.38. The van der Waals surface area contributed by atoms with Crippen molar-refractivity contribution in [3.05, 3.63) is 22.2 Å². The van der Waals surface area contributed by atoms with Crippen LogP contribution in [-0.2, 0) is 14.3 Å². The number of hydrogen-bond donors (Lipinski definition) is 1. The van der Waals surface area contributed by atoms with E-state index in [1.54, 1.807) is 25.2 Å². The zero-order chi connectivity index (χ0) is 24.6. The van der Waals surface area contributed by atoms with Gasteiger partial charge in [-0.15, -0.1) is 11.3 Å². The third-order valence-corrected chi connectivity index (χ3v) is 7.89. The second-order valence-electron chi connectivity index (χ2n) is 10.5. The van der Waals surface area contributed by atoms with Crippen LogP contribution in [0.4, 0.5) is 0 Å². The summed E-state index contributed by atoms with van der Waals surface area (Å²) in [4.78, 5) is 28.9. The van der Waals surface area contributed by atoms with Crippen LogP contribution in [0.2, 0.25) is 0 Å². The number of aliphatic hydroxyl groups excluding tert-OH is 1. The average molecular weight is 478 g/mol. The molecule has 5 nitrogen and oxygen atoms in total. The second kappa shape index (κ2) is 12.8. The van der Waals surface area contributed by atoms with Crippen LogP contribution >= 0.6 is 11.3 Å². The van der Waals surface area contributed by atoms with E-state index in [0.29, 0.717) is 18.4 Å². The average Bonchev–Trinajstić information content (AvgIpc) is 3.36. The van der Waals surface area contributed by atoms with Crippen LogP contribution in [0, 0.1) is 36.0 Å². The number of rotatable bonds is 1. The Kier molecular flexibility index (Phi) is 10.7. The molecule has 0 bridgehead atoms. The molecule has 1 saturated carbocycles. The summed E-state index contributed by atoms with van der Waals surface area (Å²) in [5.41, 5.74) is 0.150. The number of ketones is 1. The van der Waals surface area contributed by atoms with Gasteiger partial charge in [-0.05, 0) is 56.9 Å². The topological polar surface area (TPSA) is 76.5 Å². The fourth-order valence-electron chi connectivity index (χ4n) is 4.80. The molecule has 6 heteroatoms. The SMILES string of the molecule is C/C=C\c1csc(C)n1.C[C@H]1CCC[C@@H]2C[C@@H]2CCOC(=O)C[C@H](O)C(C)(C)C(=O)[C@H](C)C1. The first-order valence-electron chi connectivity index (χ1n) is 12.5. The molecule has 3 rings (SSSR count). The zero-order valence-electron chi connectivity index (χ0n) is 21.3. The van der Waals surface area contributed by atoms with Crippen molar-refractivity contribution in [3.63, 3.8) is 0 Å². The summed E-state index contributed by atoms with van der Waals surface area (Å²) < 4.78 is 5.27. The number of Topliss-reactive ketones (excluding diaryl/α,β-unsaturated/α-hetero) is 1. The zero-order valence-corrected chi connectivity index (χ0v) is 22.1. The molecule has 2 aliphatic rings. The van der Waals surface area contributed by atoms with Crippen LogP contribution in [0.5, 0.6) is 0 Å². The van der Waals surface area contributed by atoms with E-state index >= 15 is 0 Å². The van der Waals surface area contributed by atoms with E-state index in [9.17, 15) is 14.7 Å². The largest absolute Gasteiger partial charge is 0.466 e. The number of ether oxygens (including phenoxy) is 1. The summed E-state index contributed by atoms with van der Waals surface area (Å²) in [6.45, 7) is 12.1. The summed E-state index contributed by atoms with van der Waals surface area (Å²) in [6, 6.07) is 0. The van der Waals surface area contributed by atoms with Crippen molar-refractivity contribution in [1.29, 1.82) is 0 Å². The standard InChI is InChI=1S/C20H34O4.C7H9NS/c1-13-6-5-7-15-11-16(15)8-9-24-18(22)12-17(21)20(3,4)19(23)14(2)10-13;1-3-4-7-5-9-6(2)8-7/h13-17,21H,5-12H2,1-4H3;3-5H,1-2H3/b;4-3-/t13-,14+,15+,16-,17-;/m0./s1. The van der Waals surface area contributed by atoms with Crippen molar-refractivity contribution in [2.75, 3.05) is 6.61 Å². The number of thiazole rings is 1. The van der Waals surface area contributed by atoms with Gasteiger partial charge in [0.1, 0.15) is 5.78 Å². The van der Waals surface area contributed by atoms with Crippen LogP contribution in [0.15, 0.2) is 11.5 Å². The Morgan fingerprint density at radius 2 is 1.85 bits per heavy atom. The van der Waals surface area contributed by atoms with E-state index in [0.717, 1.165) is 29.5 Å². The number of carbonyl (C=O) groups is 2. The second-order valence-corrected chi connectivity index (χ2v) is 11.6. The van der Waals surface area contributed by atoms with Gasteiger partial charge in [-0.25, -0.2) is 4.98 Å². The molecular formula is C27H43NO4S. The van der Waals surface area contributed by atoms with Gasteiger partial charge in [0.2, 0.25) is 0 Å². The molecule has 5 atom stereocenters. The first-order chi connectivity index (χ1) is 15.5. The highest BCUT2D eigenvalue weighted by atomic mass is 32.1. The van der Waals surface area contributed by atoms with Crippen molar-refractivity contribution in [1.82, 2.24) is 4.98 Å². The molecule has 186 valence electrons. The van der Waals surface area contributed by atoms with Gasteiger partial charge in [-0.2, -0.15) is 0 Å². The maximum atomic E-state index is 12.8. The molecule has 1 aliphatic heterocycles. The summed E-state index contributed by atoms with van der Waals surface area (Å²) in [5.74, 6) is 1.59. The molecule has 1 aromatic heterocycles. The Labute approximate surface area is 204 Å². The lowest BCUT2D eigenvalue weighted by atomic mass is 9.74. The van der Waals surface area contributed by atoms with E-state index in [1.807, 2.05) is 32.9 Å². The van der Waals surface area contributed by atoms with Gasteiger partial charge in [0.15, 0.2) is 0 Å². The first-order valence-corrected chi connectivity index (χ1v) is 13.3. The van der Waals surface area contributed by atoms with Crippen molar-refractivity contribution in [3.8, 4) is 0 Å². The summed E-state index contributed by atoms with van der Waals surface area (Å²) >= 11 is 1.68. The Morgan fingerprint density at radius 3 is 2.48 bits per heavy atom. The summed E-state index contributed by atoms with van der Waals surface area (Å²) in [7, 11) is 0. The molecule has 1 N–H and O–H groups in total. The number of aliphatic hydroxyl groups is 1. The van der Waals surface area contributed by atoms with Gasteiger partial charge in [-0.1, -0.05) is 53.0 Å². The molecule has 0 aromatic carbocycles. The molecule has 2 heterocycles. The van der Waals surface area contributed by atoms with Gasteiger partial charge < -0.3 is 9.84 Å². The highest BCUT2D eigenvalue weighted by Crippen LogP contribution is 2.45. The van der Waals surface area contributed by atoms with Crippen LogP contribution < -0.4 is 0 Å². The van der Waals surface area contributed by atoms with Gasteiger partial charge in [0.05, 0.1) is 35.2 Å². The molecule has 0 spiro atoms. The van der Waals surface area contributed by atoms with Gasteiger partial charge in [-0.3, -0.25) is 9.59 Å². The van der Waals surface area contributed by atoms with E-state index in [1.165, 1.54) is 25.7 Å². The number of aromatic nitrogens is 1. The minimum absolute atomic E-state index is 0.0454. The van der Waals surface area contributed by atoms with Gasteiger partial charge in [0, 0.05) is 11.3 Å². The molecule has 0 radical (unpaired) electrons. The normalized spacial score (nSPS) is 31.3. The number of allylic oxidation sites excluding steroid dienone is 1. The maximum absolute atomic E-state index is 12.8. The summed E-state index contributed by atoms with van der Waals surface area (Å²) in [5, 5.41) is 13.6. The third-order valence-electron chi connectivity index (χ3n) is 7.10. The molecular weight excluding hydrogens is 434 g/mol. The Hall–Kier alpha value is -1.53. The van der Waals surface area contributed by atoms with Crippen molar-refractivity contribution >= 4 is 29.2 Å². The van der Waals surface area contributed by atoms with E-state index in [4.69, 9.17) is 4.74 Å². The number of carbonyl (C=O) groups excluding carboxylic acids is 2. The van der Waals surface area contributed by atoms with Crippen LogP contribution in [-0.4, -0.2) is 34.6 Å². The molecule has 33 heavy (non-hydrogen) atoms. The monoisotopic (exact) mass is 477 g/mol. The van der Waals surface area contributed by atoms with Crippen molar-refractivity contribution < 1.29 is 19.4 Å². The van der Waals surface area contributed by atoms with Crippen molar-refractivity contribution in [2.45, 2.75) is 92.6 Å². The number of nitrogens with zero attached hydrogens (tertiary/aromatic N) is 1. The molecule has 1 aliphatic carbocycles. The van der Waals surface area contributed by atoms with Crippen LogP contribution in [0.1, 0.15) is 90.3 Å². The number of aryl methyl sites for hydroxylation is 1. The lowest BCUT2D eigenvalue weighted by molar-refractivity contribution is -0.150. The Bertz CT molecular complexity index is 800. The van der Waals surface area contributed by atoms with E-state index in [-0.39, 0.29) is 18.1 Å². The number of hydrogen-bond acceptors (Lipinski definition) is 6. The first kappa shape index (κ1) is 27.7. The lowest BCUT2D eigenvalue weighted by Crippen LogP contribution is -2.42. The van der Waals surface area contributed by atoms with Crippen LogP contribution in [0.25, 0.3) is 6.08 Å². The molecule has 1 aromatic rings. The number of esters is 1. The quantitative estimate of drug-likeness (QED) is 0.485. The summed E-state index contributed by atoms with van der Waals surface area (Å²) in [6.07, 6.45) is 9.60. The molecule has 2 fully saturated rings. The minimum Gasteiger partial charge on any atom is -0.466 e. The smallest absolute Gasteiger partial charge is 0.308 e. The predicted molar refractivity (Wildman–Crippen MR) is 135 cm³/mol. The molecule has 0 amide bonds. The lowest BCUT2D eigenvalue weighted by Gasteiger charge is -2.32. The van der Waals surface area contributed by atoms with Crippen LogP contribution in [0.3, 0.4) is 0 Å². The van der Waals surface area contributed by atoms with Crippen molar-refractivity contribution in [2.24, 2.45) is 29.1 Å². The highest BCUT2D eigenvalue weighted by Gasteiger charge is 2.40. The number of cyclic esters (lactones) is 1. The Morgan fingerprint density at radius 1 is 1.15 bits per heavy atom. The van der Waals surface area contributed by atoms with Gasteiger partial charge >= 0.3 is 5.97 Å². The predicted octanol–water partition coefficient (Wildman–Crippen LogP) is 6.23. The Balaban J connectivity index is 0.000000357. The number of fused-ring (bicyclic) bond motifs is 1. The minimum atomic E-state index is -0.989.